The van der Waals surface area contributed by atoms with E-state index in [2.05, 4.69) is 0 Å². The highest BCUT2D eigenvalue weighted by atomic mass is 35.5. The molecule has 1 fully saturated rings. The summed E-state index contributed by atoms with van der Waals surface area (Å²) in [5.41, 5.74) is 2.67. The highest BCUT2D eigenvalue weighted by molar-refractivity contribution is 6.52. The van der Waals surface area contributed by atoms with Crippen molar-refractivity contribution in [1.29, 1.82) is 0 Å². The van der Waals surface area contributed by atoms with Gasteiger partial charge in [0.15, 0.2) is 0 Å². The van der Waals surface area contributed by atoms with Crippen LogP contribution in [0.15, 0.2) is 84.6 Å². The molecule has 0 radical (unpaired) electrons. The summed E-state index contributed by atoms with van der Waals surface area (Å²) in [6, 6.07) is 20.6. The lowest BCUT2D eigenvalue weighted by atomic mass is 9.94. The molecule has 2 heterocycles. The minimum Gasteiger partial charge on any atom is -0.507 e. The molecule has 1 aliphatic rings. The Morgan fingerprint density at radius 2 is 1.69 bits per heavy atom. The minimum absolute atomic E-state index is 0.0357. The quantitative estimate of drug-likeness (QED) is 0.193. The molecule has 0 saturated carbocycles. The van der Waals surface area contributed by atoms with E-state index in [0.29, 0.717) is 28.6 Å². The van der Waals surface area contributed by atoms with Gasteiger partial charge in [0.1, 0.15) is 11.5 Å². The Morgan fingerprint density at radius 3 is 2.39 bits per heavy atom. The second-order valence-electron chi connectivity index (χ2n) is 8.73. The van der Waals surface area contributed by atoms with Gasteiger partial charge in [-0.2, -0.15) is 0 Å². The second kappa shape index (κ2) is 9.55. The molecule has 3 aromatic carbocycles. The Balaban J connectivity index is 1.71. The molecule has 1 aromatic heterocycles. The van der Waals surface area contributed by atoms with E-state index in [0.717, 1.165) is 22.9 Å². The number of benzene rings is 3. The highest BCUT2D eigenvalue weighted by Gasteiger charge is 2.47. The number of anilines is 1. The number of aliphatic hydroxyl groups is 1. The van der Waals surface area contributed by atoms with Gasteiger partial charge in [-0.25, -0.2) is 0 Å². The van der Waals surface area contributed by atoms with Gasteiger partial charge in [-0.1, -0.05) is 36.7 Å². The molecular formula is C29H25ClN2O4. The van der Waals surface area contributed by atoms with Crippen molar-refractivity contribution >= 4 is 45.6 Å². The van der Waals surface area contributed by atoms with Gasteiger partial charge in [0.25, 0.3) is 11.7 Å². The van der Waals surface area contributed by atoms with Crippen LogP contribution in [0.5, 0.6) is 5.75 Å². The molecule has 1 saturated heterocycles. The molecule has 1 aliphatic heterocycles. The number of hydrogen-bond donors (Lipinski definition) is 1. The Kier molecular flexibility index (Phi) is 6.29. The van der Waals surface area contributed by atoms with Crippen molar-refractivity contribution in [2.45, 2.75) is 19.4 Å². The Morgan fingerprint density at radius 1 is 1.00 bits per heavy atom. The number of hydrogen-bond acceptors (Lipinski definition) is 4. The molecule has 1 unspecified atom stereocenters. The zero-order valence-electron chi connectivity index (χ0n) is 19.9. The molecule has 4 aromatic rings. The van der Waals surface area contributed by atoms with Crippen LogP contribution in [0.25, 0.3) is 16.7 Å². The van der Waals surface area contributed by atoms with Crippen LogP contribution in [-0.2, 0) is 16.6 Å². The van der Waals surface area contributed by atoms with E-state index in [9.17, 15) is 14.7 Å². The van der Waals surface area contributed by atoms with E-state index < -0.39 is 17.7 Å². The van der Waals surface area contributed by atoms with E-state index in [-0.39, 0.29) is 11.3 Å². The van der Waals surface area contributed by atoms with Crippen molar-refractivity contribution in [3.8, 4) is 5.75 Å². The lowest BCUT2D eigenvalue weighted by molar-refractivity contribution is -0.132. The largest absolute Gasteiger partial charge is 0.507 e. The number of aromatic nitrogens is 1. The molecule has 36 heavy (non-hydrogen) atoms. The number of Topliss-reactive ketones (excluding diaryl/α,β-unsaturated/α-hetero) is 1. The van der Waals surface area contributed by atoms with Crippen LogP contribution < -0.4 is 9.64 Å². The van der Waals surface area contributed by atoms with Crippen LogP contribution in [0.4, 0.5) is 5.69 Å². The first-order valence-corrected chi connectivity index (χ1v) is 12.1. The topological polar surface area (TPSA) is 71.8 Å². The second-order valence-corrected chi connectivity index (χ2v) is 9.17. The summed E-state index contributed by atoms with van der Waals surface area (Å²) >= 11 is 6.09. The summed E-state index contributed by atoms with van der Waals surface area (Å²) in [6.07, 6.45) is 2.78. The summed E-state index contributed by atoms with van der Waals surface area (Å²) in [4.78, 5) is 28.3. The molecule has 1 amide bonds. The summed E-state index contributed by atoms with van der Waals surface area (Å²) in [5.74, 6) is -1.02. The number of carbonyl (C=O) groups is 2. The van der Waals surface area contributed by atoms with Crippen LogP contribution in [0.1, 0.15) is 30.5 Å². The van der Waals surface area contributed by atoms with Gasteiger partial charge in [-0.3, -0.25) is 14.5 Å². The number of rotatable bonds is 6. The monoisotopic (exact) mass is 500 g/mol. The maximum Gasteiger partial charge on any atom is 0.300 e. The summed E-state index contributed by atoms with van der Waals surface area (Å²) in [6.45, 7) is 2.60. The molecule has 0 aliphatic carbocycles. The van der Waals surface area contributed by atoms with Crippen molar-refractivity contribution < 1.29 is 19.4 Å². The first-order chi connectivity index (χ1) is 17.4. The van der Waals surface area contributed by atoms with Crippen molar-refractivity contribution in [2.24, 2.45) is 7.05 Å². The van der Waals surface area contributed by atoms with Gasteiger partial charge in [0, 0.05) is 46.0 Å². The molecule has 182 valence electrons. The lowest BCUT2D eigenvalue weighted by Gasteiger charge is -2.25. The van der Waals surface area contributed by atoms with Crippen molar-refractivity contribution in [3.05, 3.63) is 101 Å². The van der Waals surface area contributed by atoms with Gasteiger partial charge in [0.2, 0.25) is 0 Å². The Hall–Kier alpha value is -4.03. The third-order valence-corrected chi connectivity index (χ3v) is 6.62. The van der Waals surface area contributed by atoms with E-state index in [1.165, 1.54) is 4.90 Å². The van der Waals surface area contributed by atoms with Crippen LogP contribution in [0.2, 0.25) is 5.02 Å². The molecule has 1 N–H and O–H groups in total. The van der Waals surface area contributed by atoms with Gasteiger partial charge in [-0.05, 0) is 61.0 Å². The lowest BCUT2D eigenvalue weighted by Crippen LogP contribution is -2.29. The SMILES string of the molecule is CCCOc1ccc(/C(O)=C2\C(=O)C(=O)N(c3ccc(Cl)cc3)C2c2cn(C)c3ccccc23)cc1. The summed E-state index contributed by atoms with van der Waals surface area (Å²) < 4.78 is 7.59. The number of fused-ring (bicyclic) bond motifs is 1. The third-order valence-electron chi connectivity index (χ3n) is 6.37. The molecule has 5 rings (SSSR count). The molecular weight excluding hydrogens is 476 g/mol. The van der Waals surface area contributed by atoms with Crippen LogP contribution >= 0.6 is 11.6 Å². The van der Waals surface area contributed by atoms with E-state index in [1.807, 2.05) is 49.0 Å². The number of ketones is 1. The predicted octanol–water partition coefficient (Wildman–Crippen LogP) is 6.25. The van der Waals surface area contributed by atoms with Gasteiger partial charge < -0.3 is 14.4 Å². The maximum atomic E-state index is 13.4. The average molecular weight is 501 g/mol. The number of aryl methyl sites for hydroxylation is 1. The zero-order valence-corrected chi connectivity index (χ0v) is 20.7. The Bertz CT molecular complexity index is 1490. The predicted molar refractivity (Wildman–Crippen MR) is 141 cm³/mol. The number of carbonyl (C=O) groups excluding carboxylic acids is 2. The third kappa shape index (κ3) is 4.03. The number of ether oxygens (including phenoxy) is 1. The number of para-hydroxylation sites is 1. The van der Waals surface area contributed by atoms with Crippen molar-refractivity contribution in [1.82, 2.24) is 4.57 Å². The molecule has 0 bridgehead atoms. The zero-order chi connectivity index (χ0) is 25.4. The standard InChI is InChI=1S/C29H25ClN2O4/c1-3-16-36-21-14-8-18(9-15-21)27(33)25-26(23-17-31(2)24-7-5-4-6-22(23)24)32(29(35)28(25)34)20-12-10-19(30)11-13-20/h4-15,17,26,33H,3,16H2,1-2H3/b27-25+. The fraction of sp³-hybridized carbons (Fsp3) is 0.172. The summed E-state index contributed by atoms with van der Waals surface area (Å²) in [5, 5.41) is 12.8. The van der Waals surface area contributed by atoms with E-state index >= 15 is 0 Å². The number of nitrogens with zero attached hydrogens (tertiary/aromatic N) is 2. The molecule has 6 nitrogen and oxygen atoms in total. The fourth-order valence-corrected chi connectivity index (χ4v) is 4.80. The van der Waals surface area contributed by atoms with Crippen molar-refractivity contribution in [2.75, 3.05) is 11.5 Å². The first kappa shape index (κ1) is 23.7. The average Bonchev–Trinajstić information content (AvgIpc) is 3.36. The number of halogens is 1. The molecule has 0 spiro atoms. The van der Waals surface area contributed by atoms with Crippen LogP contribution in [-0.4, -0.2) is 28.0 Å². The maximum absolute atomic E-state index is 13.4. The Labute approximate surface area is 214 Å². The minimum atomic E-state index is -0.826. The van der Waals surface area contributed by atoms with Gasteiger partial charge >= 0.3 is 0 Å². The number of aliphatic hydroxyl groups excluding tert-OH is 1. The van der Waals surface area contributed by atoms with Crippen LogP contribution in [0, 0.1) is 0 Å². The normalized spacial score (nSPS) is 17.2. The molecule has 1 atom stereocenters. The van der Waals surface area contributed by atoms with Gasteiger partial charge in [0.05, 0.1) is 18.2 Å². The fourth-order valence-electron chi connectivity index (χ4n) is 4.67. The first-order valence-electron chi connectivity index (χ1n) is 11.7. The van der Waals surface area contributed by atoms with Crippen LogP contribution in [0.3, 0.4) is 0 Å². The van der Waals surface area contributed by atoms with Crippen molar-refractivity contribution in [3.63, 3.8) is 0 Å². The van der Waals surface area contributed by atoms with E-state index in [4.69, 9.17) is 16.3 Å². The number of amides is 1. The molecule has 7 heteroatoms. The summed E-state index contributed by atoms with van der Waals surface area (Å²) in [7, 11) is 1.91. The highest BCUT2D eigenvalue weighted by Crippen LogP contribution is 2.44. The smallest absolute Gasteiger partial charge is 0.300 e. The van der Waals surface area contributed by atoms with Gasteiger partial charge in [-0.15, -0.1) is 0 Å². The van der Waals surface area contributed by atoms with E-state index in [1.54, 1.807) is 48.5 Å².